The number of nitrogens with zero attached hydrogens (tertiary/aromatic N) is 1. The van der Waals surface area contributed by atoms with E-state index in [2.05, 4.69) is 11.4 Å². The van der Waals surface area contributed by atoms with Crippen molar-refractivity contribution < 1.29 is 4.79 Å². The zero-order valence-electron chi connectivity index (χ0n) is 10.9. The molecule has 1 aliphatic carbocycles. The van der Waals surface area contributed by atoms with Crippen molar-refractivity contribution in [3.63, 3.8) is 0 Å². The molecule has 0 saturated carbocycles. The Morgan fingerprint density at radius 3 is 3.00 bits per heavy atom. The Bertz CT molecular complexity index is 445. The third-order valence-corrected chi connectivity index (χ3v) is 3.65. The Morgan fingerprint density at radius 1 is 1.50 bits per heavy atom. The van der Waals surface area contributed by atoms with Crippen LogP contribution >= 0.6 is 11.6 Å². The number of amides is 1. The average molecular weight is 267 g/mol. The normalized spacial score (nSPS) is 17.6. The molecule has 1 N–H and O–H groups in total. The van der Waals surface area contributed by atoms with Gasteiger partial charge in [-0.25, -0.2) is 0 Å². The minimum absolute atomic E-state index is 0.164. The monoisotopic (exact) mass is 266 g/mol. The molecule has 0 fully saturated rings. The minimum Gasteiger partial charge on any atom is -0.349 e. The zero-order chi connectivity index (χ0) is 13.1. The van der Waals surface area contributed by atoms with Crippen molar-refractivity contribution in [1.82, 2.24) is 10.2 Å². The van der Waals surface area contributed by atoms with Gasteiger partial charge in [0, 0.05) is 38.1 Å². The maximum absolute atomic E-state index is 11.5. The molecule has 0 aromatic heterocycles. The molecule has 4 heteroatoms. The van der Waals surface area contributed by atoms with E-state index in [4.69, 9.17) is 11.6 Å². The van der Waals surface area contributed by atoms with Gasteiger partial charge in [0.15, 0.2) is 0 Å². The van der Waals surface area contributed by atoms with Crippen LogP contribution in [-0.4, -0.2) is 31.4 Å². The SMILES string of the molecule is CN(C)C(=O)CCNC1CCc2cc(Cl)ccc21. The van der Waals surface area contributed by atoms with E-state index in [1.165, 1.54) is 11.1 Å². The standard InChI is InChI=1S/C14H19ClN2O/c1-17(2)14(18)7-8-16-13-6-3-10-9-11(15)4-5-12(10)13/h4-5,9,13,16H,3,6-8H2,1-2H3. The number of carbonyl (C=O) groups excluding carboxylic acids is 1. The molecule has 1 aromatic rings. The second kappa shape index (κ2) is 5.72. The van der Waals surface area contributed by atoms with E-state index in [0.717, 1.165) is 24.4 Å². The number of nitrogens with one attached hydrogen (secondary N) is 1. The van der Waals surface area contributed by atoms with Crippen molar-refractivity contribution in [2.24, 2.45) is 0 Å². The molecule has 18 heavy (non-hydrogen) atoms. The van der Waals surface area contributed by atoms with Crippen LogP contribution in [0.15, 0.2) is 18.2 Å². The summed E-state index contributed by atoms with van der Waals surface area (Å²) in [5.41, 5.74) is 2.66. The van der Waals surface area contributed by atoms with E-state index in [-0.39, 0.29) is 5.91 Å². The predicted octanol–water partition coefficient (Wildman–Crippen LogP) is 2.40. The van der Waals surface area contributed by atoms with Crippen LogP contribution in [0.1, 0.15) is 30.0 Å². The lowest BCUT2D eigenvalue weighted by Crippen LogP contribution is -2.28. The first-order valence-corrected chi connectivity index (χ1v) is 6.67. The van der Waals surface area contributed by atoms with Gasteiger partial charge in [-0.2, -0.15) is 0 Å². The summed E-state index contributed by atoms with van der Waals surface area (Å²) in [5.74, 6) is 0.164. The Balaban J connectivity index is 1.88. The molecule has 0 radical (unpaired) electrons. The molecule has 1 aliphatic rings. The largest absolute Gasteiger partial charge is 0.349 e. The van der Waals surface area contributed by atoms with Crippen LogP contribution in [0.2, 0.25) is 5.02 Å². The molecular weight excluding hydrogens is 248 g/mol. The molecule has 2 rings (SSSR count). The third-order valence-electron chi connectivity index (χ3n) is 3.41. The zero-order valence-corrected chi connectivity index (χ0v) is 11.6. The fraction of sp³-hybridized carbons (Fsp3) is 0.500. The van der Waals surface area contributed by atoms with E-state index < -0.39 is 0 Å². The molecule has 0 aliphatic heterocycles. The average Bonchev–Trinajstić information content (AvgIpc) is 2.71. The molecule has 0 bridgehead atoms. The first kappa shape index (κ1) is 13.4. The lowest BCUT2D eigenvalue weighted by Gasteiger charge is -2.15. The van der Waals surface area contributed by atoms with E-state index in [1.807, 2.05) is 12.1 Å². The Kier molecular flexibility index (Phi) is 4.25. The Labute approximate surface area is 113 Å². The van der Waals surface area contributed by atoms with Gasteiger partial charge in [0.2, 0.25) is 5.91 Å². The van der Waals surface area contributed by atoms with Gasteiger partial charge in [0.05, 0.1) is 0 Å². The van der Waals surface area contributed by atoms with E-state index in [0.29, 0.717) is 12.5 Å². The maximum atomic E-state index is 11.5. The molecule has 1 amide bonds. The van der Waals surface area contributed by atoms with Gasteiger partial charge < -0.3 is 10.2 Å². The second-order valence-electron chi connectivity index (χ2n) is 4.93. The molecule has 1 atom stereocenters. The summed E-state index contributed by atoms with van der Waals surface area (Å²) in [7, 11) is 3.57. The highest BCUT2D eigenvalue weighted by Crippen LogP contribution is 2.32. The highest BCUT2D eigenvalue weighted by Gasteiger charge is 2.22. The number of halogens is 1. The molecule has 1 aromatic carbocycles. The van der Waals surface area contributed by atoms with Crippen molar-refractivity contribution in [1.29, 1.82) is 0 Å². The highest BCUT2D eigenvalue weighted by molar-refractivity contribution is 6.30. The molecule has 98 valence electrons. The van der Waals surface area contributed by atoms with Crippen LogP contribution < -0.4 is 5.32 Å². The summed E-state index contributed by atoms with van der Waals surface area (Å²) >= 11 is 5.98. The lowest BCUT2D eigenvalue weighted by molar-refractivity contribution is -0.128. The summed E-state index contributed by atoms with van der Waals surface area (Å²) in [5, 5.41) is 4.26. The number of fused-ring (bicyclic) bond motifs is 1. The van der Waals surface area contributed by atoms with Crippen LogP contribution in [0.25, 0.3) is 0 Å². The molecular formula is C14H19ClN2O. The maximum Gasteiger partial charge on any atom is 0.223 e. The quantitative estimate of drug-likeness (QED) is 0.908. The summed E-state index contributed by atoms with van der Waals surface area (Å²) in [6.07, 6.45) is 2.70. The van der Waals surface area contributed by atoms with Gasteiger partial charge in [-0.1, -0.05) is 17.7 Å². The van der Waals surface area contributed by atoms with Crippen LogP contribution in [0.4, 0.5) is 0 Å². The number of rotatable bonds is 4. The fourth-order valence-corrected chi connectivity index (χ4v) is 2.57. The third kappa shape index (κ3) is 3.03. The number of hydrogen-bond donors (Lipinski definition) is 1. The molecule has 1 unspecified atom stereocenters. The van der Waals surface area contributed by atoms with E-state index in [1.54, 1.807) is 19.0 Å². The van der Waals surface area contributed by atoms with Crippen LogP contribution in [0, 0.1) is 0 Å². The van der Waals surface area contributed by atoms with Crippen molar-refractivity contribution in [2.75, 3.05) is 20.6 Å². The molecule has 0 saturated heterocycles. The first-order chi connectivity index (χ1) is 8.58. The summed E-state index contributed by atoms with van der Waals surface area (Å²) in [4.78, 5) is 13.1. The second-order valence-corrected chi connectivity index (χ2v) is 5.36. The van der Waals surface area contributed by atoms with Gasteiger partial charge in [-0.3, -0.25) is 4.79 Å². The lowest BCUT2D eigenvalue weighted by atomic mass is 10.1. The topological polar surface area (TPSA) is 32.3 Å². The summed E-state index contributed by atoms with van der Waals surface area (Å²) in [6, 6.07) is 6.44. The van der Waals surface area contributed by atoms with Gasteiger partial charge in [-0.05, 0) is 36.1 Å². The first-order valence-electron chi connectivity index (χ1n) is 6.30. The molecule has 0 heterocycles. The summed E-state index contributed by atoms with van der Waals surface area (Å²) < 4.78 is 0. The minimum atomic E-state index is 0.164. The summed E-state index contributed by atoms with van der Waals surface area (Å²) in [6.45, 7) is 0.726. The highest BCUT2D eigenvalue weighted by atomic mass is 35.5. The molecule has 0 spiro atoms. The fourth-order valence-electron chi connectivity index (χ4n) is 2.38. The predicted molar refractivity (Wildman–Crippen MR) is 73.8 cm³/mol. The van der Waals surface area contributed by atoms with Crippen molar-refractivity contribution in [3.05, 3.63) is 34.3 Å². The van der Waals surface area contributed by atoms with Crippen LogP contribution in [0.3, 0.4) is 0 Å². The van der Waals surface area contributed by atoms with Gasteiger partial charge in [0.1, 0.15) is 0 Å². The number of carbonyl (C=O) groups is 1. The van der Waals surface area contributed by atoms with Crippen LogP contribution in [0.5, 0.6) is 0 Å². The molecule has 3 nitrogen and oxygen atoms in total. The number of benzene rings is 1. The van der Waals surface area contributed by atoms with Crippen molar-refractivity contribution in [2.45, 2.75) is 25.3 Å². The Morgan fingerprint density at radius 2 is 2.28 bits per heavy atom. The van der Waals surface area contributed by atoms with Crippen molar-refractivity contribution in [3.8, 4) is 0 Å². The smallest absolute Gasteiger partial charge is 0.223 e. The number of aryl methyl sites for hydroxylation is 1. The van der Waals surface area contributed by atoms with Gasteiger partial charge >= 0.3 is 0 Å². The van der Waals surface area contributed by atoms with Gasteiger partial charge in [-0.15, -0.1) is 0 Å². The van der Waals surface area contributed by atoms with Gasteiger partial charge in [0.25, 0.3) is 0 Å². The van der Waals surface area contributed by atoms with Crippen molar-refractivity contribution >= 4 is 17.5 Å². The van der Waals surface area contributed by atoms with Crippen LogP contribution in [-0.2, 0) is 11.2 Å². The number of hydrogen-bond acceptors (Lipinski definition) is 2. The van der Waals surface area contributed by atoms with E-state index in [9.17, 15) is 4.79 Å². The Hall–Kier alpha value is -1.06. The van der Waals surface area contributed by atoms with E-state index >= 15 is 0 Å².